The fourth-order valence-electron chi connectivity index (χ4n) is 2.51. The van der Waals surface area contributed by atoms with Crippen LogP contribution in [0.5, 0.6) is 5.75 Å². The van der Waals surface area contributed by atoms with Gasteiger partial charge in [-0.3, -0.25) is 0 Å². The van der Waals surface area contributed by atoms with Crippen molar-refractivity contribution in [3.63, 3.8) is 0 Å². The Hall–Kier alpha value is -2.11. The zero-order valence-electron chi connectivity index (χ0n) is 11.7. The van der Waals surface area contributed by atoms with Crippen LogP contribution >= 0.6 is 0 Å². The van der Waals surface area contributed by atoms with Gasteiger partial charge in [0, 0.05) is 19.2 Å². The van der Waals surface area contributed by atoms with E-state index in [2.05, 4.69) is 17.2 Å². The predicted molar refractivity (Wildman–Crippen MR) is 74.8 cm³/mol. The number of benzene rings is 1. The van der Waals surface area contributed by atoms with Gasteiger partial charge in [-0.25, -0.2) is 4.79 Å². The van der Waals surface area contributed by atoms with Crippen LogP contribution < -0.4 is 4.74 Å². The maximum absolute atomic E-state index is 12.5. The van der Waals surface area contributed by atoms with Crippen molar-refractivity contribution in [3.05, 3.63) is 18.2 Å². The summed E-state index contributed by atoms with van der Waals surface area (Å²) in [5.41, 5.74) is 1.39. The summed E-state index contributed by atoms with van der Waals surface area (Å²) in [5, 5.41) is 8.03. The number of rotatable bonds is 1. The van der Waals surface area contributed by atoms with Crippen molar-refractivity contribution >= 4 is 17.1 Å². The Morgan fingerprint density at radius 2 is 2.10 bits per heavy atom. The van der Waals surface area contributed by atoms with E-state index in [0.29, 0.717) is 17.2 Å². The van der Waals surface area contributed by atoms with Gasteiger partial charge in [0.05, 0.1) is 12.6 Å². The molecule has 0 bridgehead atoms. The fourth-order valence-corrected chi connectivity index (χ4v) is 2.51. The predicted octanol–water partition coefficient (Wildman–Crippen LogP) is 2.14. The van der Waals surface area contributed by atoms with Gasteiger partial charge in [0.15, 0.2) is 0 Å². The normalized spacial score (nSPS) is 16.6. The lowest BCUT2D eigenvalue weighted by Gasteiger charge is -2.29. The molecule has 1 aromatic heterocycles. The smallest absolute Gasteiger partial charge is 0.346 e. The van der Waals surface area contributed by atoms with Crippen LogP contribution in [0.1, 0.15) is 19.8 Å². The van der Waals surface area contributed by atoms with Crippen molar-refractivity contribution in [3.8, 4) is 5.75 Å². The molecule has 1 aromatic carbocycles. The molecule has 20 heavy (non-hydrogen) atoms. The molecular weight excluding hydrogens is 256 g/mol. The number of likely N-dealkylation sites (tertiary alicyclic amines) is 1. The highest BCUT2D eigenvalue weighted by Crippen LogP contribution is 2.21. The van der Waals surface area contributed by atoms with Gasteiger partial charge in [-0.05, 0) is 30.9 Å². The summed E-state index contributed by atoms with van der Waals surface area (Å²) in [6.07, 6.45) is 2.10. The van der Waals surface area contributed by atoms with Crippen molar-refractivity contribution in [1.82, 2.24) is 19.9 Å². The van der Waals surface area contributed by atoms with Crippen LogP contribution in [-0.4, -0.2) is 46.1 Å². The number of nitrogens with zero attached hydrogens (tertiary/aromatic N) is 4. The van der Waals surface area contributed by atoms with Crippen molar-refractivity contribution in [2.45, 2.75) is 19.8 Å². The van der Waals surface area contributed by atoms with E-state index >= 15 is 0 Å². The van der Waals surface area contributed by atoms with E-state index in [-0.39, 0.29) is 6.03 Å². The van der Waals surface area contributed by atoms with Gasteiger partial charge in [-0.2, -0.15) is 4.68 Å². The molecule has 1 aliphatic rings. The lowest BCUT2D eigenvalue weighted by atomic mass is 10.00. The highest BCUT2D eigenvalue weighted by atomic mass is 16.5. The number of ether oxygens (including phenoxy) is 1. The highest BCUT2D eigenvalue weighted by Gasteiger charge is 2.23. The third kappa shape index (κ3) is 2.21. The second kappa shape index (κ2) is 5.11. The van der Waals surface area contributed by atoms with Gasteiger partial charge in [0.25, 0.3) is 0 Å². The summed E-state index contributed by atoms with van der Waals surface area (Å²) in [4.78, 5) is 14.3. The topological polar surface area (TPSA) is 60.3 Å². The number of aromatic nitrogens is 3. The fraction of sp³-hybridized carbons (Fsp3) is 0.500. The van der Waals surface area contributed by atoms with Gasteiger partial charge in [0.2, 0.25) is 0 Å². The summed E-state index contributed by atoms with van der Waals surface area (Å²) in [6, 6.07) is 5.32. The molecule has 3 rings (SSSR count). The summed E-state index contributed by atoms with van der Waals surface area (Å²) in [7, 11) is 1.60. The Bertz CT molecular complexity index is 629. The van der Waals surface area contributed by atoms with Crippen molar-refractivity contribution in [2.75, 3.05) is 20.2 Å². The second-order valence-electron chi connectivity index (χ2n) is 5.31. The first-order valence-electron chi connectivity index (χ1n) is 6.88. The third-order valence-electron chi connectivity index (χ3n) is 3.89. The minimum Gasteiger partial charge on any atom is -0.497 e. The molecule has 0 radical (unpaired) electrons. The van der Waals surface area contributed by atoms with E-state index in [1.807, 2.05) is 17.0 Å². The number of amides is 1. The zero-order valence-corrected chi connectivity index (χ0v) is 11.7. The minimum absolute atomic E-state index is 0.0930. The Kier molecular flexibility index (Phi) is 3.30. The van der Waals surface area contributed by atoms with Gasteiger partial charge in [-0.1, -0.05) is 12.1 Å². The Labute approximate surface area is 117 Å². The Morgan fingerprint density at radius 1 is 1.35 bits per heavy atom. The largest absolute Gasteiger partial charge is 0.497 e. The number of hydrogen-bond donors (Lipinski definition) is 0. The molecule has 1 amide bonds. The molecule has 0 atom stereocenters. The van der Waals surface area contributed by atoms with Crippen LogP contribution in [0.2, 0.25) is 0 Å². The highest BCUT2D eigenvalue weighted by molar-refractivity contribution is 5.88. The van der Waals surface area contributed by atoms with Crippen molar-refractivity contribution in [2.24, 2.45) is 5.92 Å². The Balaban J connectivity index is 1.88. The van der Waals surface area contributed by atoms with Gasteiger partial charge < -0.3 is 9.64 Å². The molecule has 0 saturated carbocycles. The SMILES string of the molecule is COc1ccc2c(c1)nnn2C(=O)N1CCC(C)CC1. The van der Waals surface area contributed by atoms with Crippen LogP contribution in [0.3, 0.4) is 0 Å². The standard InChI is InChI=1S/C14H18N4O2/c1-10-5-7-17(8-6-10)14(19)18-13-4-3-11(20-2)9-12(13)15-16-18/h3-4,9-10H,5-8H2,1-2H3. The summed E-state index contributed by atoms with van der Waals surface area (Å²) in [5.74, 6) is 1.40. The van der Waals surface area contributed by atoms with E-state index in [4.69, 9.17) is 4.74 Å². The van der Waals surface area contributed by atoms with Crippen LogP contribution in [0, 0.1) is 5.92 Å². The summed E-state index contributed by atoms with van der Waals surface area (Å²) >= 11 is 0. The molecule has 2 heterocycles. The molecule has 6 heteroatoms. The molecular formula is C14H18N4O2. The number of methoxy groups -OCH3 is 1. The van der Waals surface area contributed by atoms with E-state index in [0.717, 1.165) is 31.4 Å². The minimum atomic E-state index is -0.0930. The first-order chi connectivity index (χ1) is 9.69. The molecule has 1 saturated heterocycles. The molecule has 0 unspecified atom stereocenters. The maximum Gasteiger partial charge on any atom is 0.346 e. The molecule has 1 aliphatic heterocycles. The van der Waals surface area contributed by atoms with E-state index in [1.165, 1.54) is 4.68 Å². The first kappa shape index (κ1) is 12.9. The molecule has 1 fully saturated rings. The van der Waals surface area contributed by atoms with E-state index in [9.17, 15) is 4.79 Å². The van der Waals surface area contributed by atoms with Crippen LogP contribution in [0.15, 0.2) is 18.2 Å². The van der Waals surface area contributed by atoms with Crippen molar-refractivity contribution in [1.29, 1.82) is 0 Å². The molecule has 6 nitrogen and oxygen atoms in total. The van der Waals surface area contributed by atoms with Gasteiger partial charge in [0.1, 0.15) is 11.3 Å². The number of hydrogen-bond acceptors (Lipinski definition) is 4. The monoisotopic (exact) mass is 274 g/mol. The van der Waals surface area contributed by atoms with Crippen molar-refractivity contribution < 1.29 is 9.53 Å². The number of carbonyl (C=O) groups excluding carboxylic acids is 1. The van der Waals surface area contributed by atoms with E-state index in [1.54, 1.807) is 13.2 Å². The summed E-state index contributed by atoms with van der Waals surface area (Å²) in [6.45, 7) is 3.80. The summed E-state index contributed by atoms with van der Waals surface area (Å²) < 4.78 is 6.53. The maximum atomic E-state index is 12.5. The molecule has 0 aliphatic carbocycles. The molecule has 0 spiro atoms. The van der Waals surface area contributed by atoms with Crippen LogP contribution in [-0.2, 0) is 0 Å². The second-order valence-corrected chi connectivity index (χ2v) is 5.31. The molecule has 0 N–H and O–H groups in total. The molecule has 2 aromatic rings. The zero-order chi connectivity index (χ0) is 14.1. The lowest BCUT2D eigenvalue weighted by molar-refractivity contribution is 0.173. The van der Waals surface area contributed by atoms with Gasteiger partial charge >= 0.3 is 6.03 Å². The average molecular weight is 274 g/mol. The van der Waals surface area contributed by atoms with Gasteiger partial charge in [-0.15, -0.1) is 5.10 Å². The lowest BCUT2D eigenvalue weighted by Crippen LogP contribution is -2.40. The first-order valence-corrected chi connectivity index (χ1v) is 6.88. The number of piperidine rings is 1. The number of carbonyl (C=O) groups is 1. The van der Waals surface area contributed by atoms with E-state index < -0.39 is 0 Å². The Morgan fingerprint density at radius 3 is 2.80 bits per heavy atom. The third-order valence-corrected chi connectivity index (χ3v) is 3.89. The van der Waals surface area contributed by atoms with Crippen LogP contribution in [0.4, 0.5) is 4.79 Å². The quantitative estimate of drug-likeness (QED) is 0.799. The molecule has 106 valence electrons. The van der Waals surface area contributed by atoms with Crippen LogP contribution in [0.25, 0.3) is 11.0 Å². The number of fused-ring (bicyclic) bond motifs is 1. The average Bonchev–Trinajstić information content (AvgIpc) is 2.90.